The van der Waals surface area contributed by atoms with Crippen LogP contribution in [-0.4, -0.2) is 33.8 Å². The molecule has 5 heteroatoms. The molecular formula is C15H21NO4. The standard InChI is InChI=1S/C15H21NO4/c17-12-8-15(5-1-2-6-15)9-13(18)16(12)11(7-14(19)20)10-3-4-10/h10-11H,1-9H2,(H,19,20). The number of rotatable bonds is 4. The molecule has 3 rings (SSSR count). The summed E-state index contributed by atoms with van der Waals surface area (Å²) in [4.78, 5) is 37.2. The molecule has 5 nitrogen and oxygen atoms in total. The molecule has 1 atom stereocenters. The predicted molar refractivity (Wildman–Crippen MR) is 70.8 cm³/mol. The number of amides is 2. The minimum Gasteiger partial charge on any atom is -0.481 e. The van der Waals surface area contributed by atoms with Gasteiger partial charge in [0.1, 0.15) is 0 Å². The lowest BCUT2D eigenvalue weighted by atomic mass is 9.75. The fraction of sp³-hybridized carbons (Fsp3) is 0.800. The van der Waals surface area contributed by atoms with E-state index in [1.54, 1.807) is 0 Å². The van der Waals surface area contributed by atoms with E-state index in [2.05, 4.69) is 0 Å². The average molecular weight is 279 g/mol. The number of likely N-dealkylation sites (tertiary alicyclic amines) is 1. The zero-order chi connectivity index (χ0) is 14.3. The highest BCUT2D eigenvalue weighted by Crippen LogP contribution is 2.48. The molecule has 3 aliphatic rings. The summed E-state index contributed by atoms with van der Waals surface area (Å²) < 4.78 is 0. The number of hydrogen-bond acceptors (Lipinski definition) is 3. The van der Waals surface area contributed by atoms with Gasteiger partial charge in [-0.25, -0.2) is 0 Å². The molecule has 2 aliphatic carbocycles. The zero-order valence-electron chi connectivity index (χ0n) is 11.6. The summed E-state index contributed by atoms with van der Waals surface area (Å²) in [7, 11) is 0. The van der Waals surface area contributed by atoms with Crippen molar-refractivity contribution in [2.24, 2.45) is 11.3 Å². The summed E-state index contributed by atoms with van der Waals surface area (Å²) in [6, 6.07) is -0.411. The van der Waals surface area contributed by atoms with E-state index in [1.807, 2.05) is 0 Å². The second-order valence-electron chi connectivity index (χ2n) is 6.72. The molecule has 3 fully saturated rings. The lowest BCUT2D eigenvalue weighted by Crippen LogP contribution is -2.53. The van der Waals surface area contributed by atoms with Gasteiger partial charge in [-0.1, -0.05) is 12.8 Å². The van der Waals surface area contributed by atoms with E-state index in [0.717, 1.165) is 38.5 Å². The molecule has 1 aliphatic heterocycles. The molecule has 0 aromatic carbocycles. The smallest absolute Gasteiger partial charge is 0.305 e. The highest BCUT2D eigenvalue weighted by atomic mass is 16.4. The Hall–Kier alpha value is -1.39. The van der Waals surface area contributed by atoms with Gasteiger partial charge in [0.2, 0.25) is 11.8 Å². The van der Waals surface area contributed by atoms with Crippen molar-refractivity contribution in [2.75, 3.05) is 0 Å². The van der Waals surface area contributed by atoms with E-state index in [0.29, 0.717) is 12.8 Å². The van der Waals surface area contributed by atoms with E-state index in [-0.39, 0.29) is 29.6 Å². The van der Waals surface area contributed by atoms with Gasteiger partial charge in [-0.05, 0) is 37.0 Å². The number of aliphatic carboxylic acids is 1. The Morgan fingerprint density at radius 2 is 1.75 bits per heavy atom. The molecule has 1 spiro atoms. The fourth-order valence-corrected chi connectivity index (χ4v) is 3.99. The van der Waals surface area contributed by atoms with Crippen LogP contribution in [0.1, 0.15) is 57.8 Å². The Morgan fingerprint density at radius 3 is 2.20 bits per heavy atom. The highest BCUT2D eigenvalue weighted by molar-refractivity contribution is 5.99. The zero-order valence-corrected chi connectivity index (χ0v) is 11.6. The third-order valence-corrected chi connectivity index (χ3v) is 5.14. The van der Waals surface area contributed by atoms with E-state index in [1.165, 1.54) is 4.90 Å². The van der Waals surface area contributed by atoms with Gasteiger partial charge >= 0.3 is 5.97 Å². The molecule has 0 bridgehead atoms. The van der Waals surface area contributed by atoms with Crippen molar-refractivity contribution in [1.82, 2.24) is 4.90 Å². The van der Waals surface area contributed by atoms with Gasteiger partial charge in [-0.2, -0.15) is 0 Å². The van der Waals surface area contributed by atoms with Crippen molar-refractivity contribution in [3.63, 3.8) is 0 Å². The van der Waals surface area contributed by atoms with Crippen molar-refractivity contribution in [2.45, 2.75) is 63.8 Å². The van der Waals surface area contributed by atoms with Gasteiger partial charge in [0.05, 0.1) is 12.5 Å². The maximum Gasteiger partial charge on any atom is 0.305 e. The van der Waals surface area contributed by atoms with Gasteiger partial charge in [0.25, 0.3) is 0 Å². The molecule has 0 aromatic heterocycles. The van der Waals surface area contributed by atoms with Crippen LogP contribution in [0.4, 0.5) is 0 Å². The molecule has 110 valence electrons. The minimum absolute atomic E-state index is 0.102. The first-order chi connectivity index (χ1) is 9.51. The molecule has 1 unspecified atom stereocenters. The van der Waals surface area contributed by atoms with Crippen LogP contribution >= 0.6 is 0 Å². The van der Waals surface area contributed by atoms with Gasteiger partial charge in [-0.15, -0.1) is 0 Å². The highest BCUT2D eigenvalue weighted by Gasteiger charge is 2.49. The van der Waals surface area contributed by atoms with Crippen molar-refractivity contribution >= 4 is 17.8 Å². The Bertz CT molecular complexity index is 429. The fourth-order valence-electron chi connectivity index (χ4n) is 3.99. The van der Waals surface area contributed by atoms with Crippen molar-refractivity contribution in [3.8, 4) is 0 Å². The lowest BCUT2D eigenvalue weighted by molar-refractivity contribution is -0.158. The number of carbonyl (C=O) groups excluding carboxylic acids is 2. The summed E-state index contributed by atoms with van der Waals surface area (Å²) in [5.41, 5.74) is -0.109. The van der Waals surface area contributed by atoms with Crippen LogP contribution in [-0.2, 0) is 14.4 Å². The maximum absolute atomic E-state index is 12.4. The molecule has 2 saturated carbocycles. The molecule has 20 heavy (non-hydrogen) atoms. The predicted octanol–water partition coefficient (Wildman–Crippen LogP) is 1.95. The molecule has 1 saturated heterocycles. The van der Waals surface area contributed by atoms with Crippen molar-refractivity contribution in [1.29, 1.82) is 0 Å². The quantitative estimate of drug-likeness (QED) is 0.798. The normalized spacial score (nSPS) is 27.1. The molecule has 2 amide bonds. The van der Waals surface area contributed by atoms with Gasteiger partial charge in [0, 0.05) is 12.8 Å². The van der Waals surface area contributed by atoms with Gasteiger partial charge in [-0.3, -0.25) is 19.3 Å². The number of nitrogens with zero attached hydrogens (tertiary/aromatic N) is 1. The molecule has 0 radical (unpaired) electrons. The van der Waals surface area contributed by atoms with Crippen molar-refractivity contribution in [3.05, 3.63) is 0 Å². The average Bonchev–Trinajstić information content (AvgIpc) is 3.10. The number of carboxylic acid groups (broad SMARTS) is 1. The Kier molecular flexibility index (Phi) is 3.30. The number of carboxylic acids is 1. The summed E-state index contributed by atoms with van der Waals surface area (Å²) in [5.74, 6) is -0.997. The van der Waals surface area contributed by atoms with Crippen LogP contribution in [0.25, 0.3) is 0 Å². The van der Waals surface area contributed by atoms with Crippen LogP contribution in [0.5, 0.6) is 0 Å². The monoisotopic (exact) mass is 279 g/mol. The maximum atomic E-state index is 12.4. The number of imide groups is 1. The van der Waals surface area contributed by atoms with Gasteiger partial charge < -0.3 is 5.11 Å². The number of piperidine rings is 1. The first-order valence-corrected chi connectivity index (χ1v) is 7.57. The second kappa shape index (κ2) is 4.86. The second-order valence-corrected chi connectivity index (χ2v) is 6.72. The first kappa shape index (κ1) is 13.6. The number of hydrogen-bond donors (Lipinski definition) is 1. The third kappa shape index (κ3) is 2.45. The Balaban J connectivity index is 1.77. The lowest BCUT2D eigenvalue weighted by Gasteiger charge is -2.40. The summed E-state index contributed by atoms with van der Waals surface area (Å²) in [6.45, 7) is 0. The van der Waals surface area contributed by atoms with Crippen LogP contribution in [0.2, 0.25) is 0 Å². The van der Waals surface area contributed by atoms with Crippen LogP contribution in [0.3, 0.4) is 0 Å². The van der Waals surface area contributed by atoms with E-state index in [4.69, 9.17) is 5.11 Å². The van der Waals surface area contributed by atoms with Crippen LogP contribution in [0.15, 0.2) is 0 Å². The Labute approximate surface area is 118 Å². The number of carbonyl (C=O) groups is 3. The SMILES string of the molecule is O=C(O)CC(C1CC1)N1C(=O)CC2(CCCC2)CC1=O. The van der Waals surface area contributed by atoms with Crippen molar-refractivity contribution < 1.29 is 19.5 Å². The molecule has 1 N–H and O–H groups in total. The Morgan fingerprint density at radius 1 is 1.20 bits per heavy atom. The summed E-state index contributed by atoms with van der Waals surface area (Å²) >= 11 is 0. The molecular weight excluding hydrogens is 258 g/mol. The third-order valence-electron chi connectivity index (χ3n) is 5.14. The summed E-state index contributed by atoms with van der Waals surface area (Å²) in [6.07, 6.45) is 6.75. The van der Waals surface area contributed by atoms with E-state index >= 15 is 0 Å². The van der Waals surface area contributed by atoms with Crippen LogP contribution in [0, 0.1) is 11.3 Å². The van der Waals surface area contributed by atoms with Gasteiger partial charge in [0.15, 0.2) is 0 Å². The topological polar surface area (TPSA) is 74.7 Å². The van der Waals surface area contributed by atoms with E-state index < -0.39 is 12.0 Å². The summed E-state index contributed by atoms with van der Waals surface area (Å²) in [5, 5.41) is 9.02. The first-order valence-electron chi connectivity index (χ1n) is 7.57. The minimum atomic E-state index is -0.927. The molecule has 0 aromatic rings. The largest absolute Gasteiger partial charge is 0.481 e. The van der Waals surface area contributed by atoms with Crippen LogP contribution < -0.4 is 0 Å². The molecule has 1 heterocycles. The van der Waals surface area contributed by atoms with E-state index in [9.17, 15) is 14.4 Å².